The second-order valence-corrected chi connectivity index (χ2v) is 10.4. The van der Waals surface area contributed by atoms with Crippen LogP contribution in [-0.4, -0.2) is 34.6 Å². The van der Waals surface area contributed by atoms with E-state index in [9.17, 15) is 10.2 Å². The van der Waals surface area contributed by atoms with Crippen LogP contribution in [0.15, 0.2) is 58.5 Å². The second-order valence-electron chi connectivity index (χ2n) is 10.4. The van der Waals surface area contributed by atoms with Gasteiger partial charge in [0.1, 0.15) is 11.5 Å². The summed E-state index contributed by atoms with van der Waals surface area (Å²) >= 11 is 0. The Labute approximate surface area is 278 Å². The molecule has 245 valence electrons. The average molecular weight is 662 g/mol. The van der Waals surface area contributed by atoms with Crippen molar-refractivity contribution in [3.05, 3.63) is 81.9 Å². The largest absolute Gasteiger partial charge is 2.00 e. The number of carbonyl (C=O) groups excluding carboxylic acids is 2. The Bertz CT molecular complexity index is 1310. The zero-order valence-corrected chi connectivity index (χ0v) is 28.2. The van der Waals surface area contributed by atoms with Crippen LogP contribution in [0, 0.1) is 0 Å². The van der Waals surface area contributed by atoms with Crippen molar-refractivity contribution in [3.8, 4) is 11.5 Å². The van der Waals surface area contributed by atoms with Gasteiger partial charge in [-0.3, -0.25) is 9.98 Å². The van der Waals surface area contributed by atoms with Gasteiger partial charge in [-0.05, 0) is 92.1 Å². The number of aryl methyl sites for hydroxylation is 4. The van der Waals surface area contributed by atoms with Gasteiger partial charge in [-0.25, -0.2) is 0 Å². The Morgan fingerprint density at radius 2 is 0.978 bits per heavy atom. The van der Waals surface area contributed by atoms with Gasteiger partial charge in [-0.2, -0.15) is 0 Å². The van der Waals surface area contributed by atoms with Crippen molar-refractivity contribution in [1.82, 2.24) is 0 Å². The van der Waals surface area contributed by atoms with Crippen molar-refractivity contribution in [2.45, 2.75) is 92.9 Å². The molecule has 8 nitrogen and oxygen atoms in total. The van der Waals surface area contributed by atoms with E-state index in [0.717, 1.165) is 98.8 Å². The molecule has 0 aliphatic carbocycles. The van der Waals surface area contributed by atoms with Gasteiger partial charge in [0.15, 0.2) is 0 Å². The zero-order valence-electron chi connectivity index (χ0n) is 27.2. The van der Waals surface area contributed by atoms with E-state index in [-0.39, 0.29) is 16.8 Å². The fourth-order valence-electron chi connectivity index (χ4n) is 4.50. The molecule has 0 fully saturated rings. The monoisotopic (exact) mass is 661 g/mol. The van der Waals surface area contributed by atoms with Gasteiger partial charge < -0.3 is 30.0 Å². The third kappa shape index (κ3) is 16.1. The summed E-state index contributed by atoms with van der Waals surface area (Å²) in [5, 5.41) is 39.3. The molecule has 1 radical (unpaired) electrons. The van der Waals surface area contributed by atoms with Crippen LogP contribution in [0.4, 0.5) is 11.4 Å². The number of carbonyl (C=O) groups is 2. The second kappa shape index (κ2) is 22.5. The van der Waals surface area contributed by atoms with Crippen LogP contribution in [0.1, 0.15) is 101 Å². The Balaban J connectivity index is 0.00000192. The van der Waals surface area contributed by atoms with Crippen LogP contribution >= 0.6 is 0 Å². The zero-order chi connectivity index (χ0) is 33.1. The van der Waals surface area contributed by atoms with Gasteiger partial charge in [0.2, 0.25) is 0 Å². The molecule has 0 aliphatic heterocycles. The third-order valence-electron chi connectivity index (χ3n) is 6.21. The number of aromatic hydroxyl groups is 2. The standard InChI is InChI=1S/C32H40N2O2.2C2H4O2.Co/c1-5-10-23-16-25(12-7-3)31(35)27(18-23)21-33-29-14-9-15-30(20-29)34-22-28-19-24(11-6-2)17-26(13-8-4)32(28)36;2*1-2(3)4;/h9,14-22,35-36H,5-8,10-13H2,1-4H3;2*1H3,(H,3,4);/q;;;+2/p-2. The molecule has 0 aliphatic rings. The van der Waals surface area contributed by atoms with E-state index in [1.54, 1.807) is 12.4 Å². The maximum atomic E-state index is 10.8. The number of phenols is 2. The molecule has 9 heteroatoms. The Morgan fingerprint density at radius 1 is 0.644 bits per heavy atom. The molecule has 2 N–H and O–H groups in total. The van der Waals surface area contributed by atoms with E-state index < -0.39 is 11.9 Å². The molecule has 45 heavy (non-hydrogen) atoms. The molecule has 3 rings (SSSR count). The number of hydrogen-bond acceptors (Lipinski definition) is 8. The fourth-order valence-corrected chi connectivity index (χ4v) is 4.50. The number of phenolic OH excluding ortho intramolecular Hbond substituents is 2. The van der Waals surface area contributed by atoms with E-state index in [1.165, 1.54) is 11.1 Å². The number of aliphatic carboxylic acids is 2. The summed E-state index contributed by atoms with van der Waals surface area (Å²) in [7, 11) is 0. The molecule has 0 saturated carbocycles. The summed E-state index contributed by atoms with van der Waals surface area (Å²) in [6.45, 7) is 10.5. The van der Waals surface area contributed by atoms with Crippen LogP contribution < -0.4 is 10.2 Å². The number of rotatable bonds is 12. The summed E-state index contributed by atoms with van der Waals surface area (Å²) in [4.78, 5) is 27.1. The molecule has 0 saturated heterocycles. The van der Waals surface area contributed by atoms with Crippen LogP contribution in [0.2, 0.25) is 0 Å². The Hall–Kier alpha value is -3.95. The molecule has 0 amide bonds. The molecule has 3 aromatic rings. The predicted octanol–water partition coefficient (Wildman–Crippen LogP) is 5.92. The molecule has 0 aromatic heterocycles. The minimum Gasteiger partial charge on any atom is -0.550 e. The molecule has 0 heterocycles. The quantitative estimate of drug-likeness (QED) is 0.231. The summed E-state index contributed by atoms with van der Waals surface area (Å²) in [6, 6.07) is 16.0. The molecule has 0 unspecified atom stereocenters. The van der Waals surface area contributed by atoms with E-state index in [1.807, 2.05) is 36.4 Å². The number of aliphatic imine (C=N–C) groups is 2. The first kappa shape index (κ1) is 41.0. The minimum atomic E-state index is -1.08. The smallest absolute Gasteiger partial charge is 0.550 e. The molecule has 0 atom stereocenters. The van der Waals surface area contributed by atoms with E-state index in [4.69, 9.17) is 19.8 Å². The van der Waals surface area contributed by atoms with Crippen molar-refractivity contribution < 1.29 is 46.8 Å². The Kier molecular flexibility index (Phi) is 20.6. The van der Waals surface area contributed by atoms with Crippen LogP contribution in [0.3, 0.4) is 0 Å². The molecule has 3 aromatic carbocycles. The number of benzene rings is 3. The maximum absolute atomic E-state index is 10.8. The normalized spacial score (nSPS) is 10.4. The van der Waals surface area contributed by atoms with Crippen LogP contribution in [0.5, 0.6) is 11.5 Å². The van der Waals surface area contributed by atoms with Gasteiger partial charge in [-0.1, -0.05) is 71.6 Å². The number of nitrogens with zero attached hydrogens (tertiary/aromatic N) is 2. The number of carboxylic acids is 2. The summed E-state index contributed by atoms with van der Waals surface area (Å²) in [6.07, 6.45) is 11.2. The van der Waals surface area contributed by atoms with Crippen molar-refractivity contribution in [2.24, 2.45) is 9.98 Å². The SMILES string of the molecule is CC(=O)[O-].CC(=O)[O-].CCCc1cc(C=Nc2cccc(N=Cc3cc(CCC)cc(CCC)c3O)c2)c(O)c(CCC)c1.[Co+2]. The first-order valence-corrected chi connectivity index (χ1v) is 15.2. The van der Waals surface area contributed by atoms with E-state index >= 15 is 0 Å². The number of hydrogen-bond donors (Lipinski definition) is 2. The van der Waals surface area contributed by atoms with Gasteiger partial charge in [-0.15, -0.1) is 0 Å². The van der Waals surface area contributed by atoms with E-state index in [2.05, 4.69) is 49.8 Å². The summed E-state index contributed by atoms with van der Waals surface area (Å²) < 4.78 is 0. The number of carboxylic acid groups (broad SMARTS) is 2. The summed E-state index contributed by atoms with van der Waals surface area (Å²) in [5.41, 5.74) is 7.44. The van der Waals surface area contributed by atoms with Crippen molar-refractivity contribution in [1.29, 1.82) is 0 Å². The van der Waals surface area contributed by atoms with E-state index in [0.29, 0.717) is 11.5 Å². The molecule has 0 spiro atoms. The van der Waals surface area contributed by atoms with Gasteiger partial charge >= 0.3 is 16.8 Å². The maximum Gasteiger partial charge on any atom is 2.00 e. The first-order chi connectivity index (χ1) is 20.9. The third-order valence-corrected chi connectivity index (χ3v) is 6.21. The van der Waals surface area contributed by atoms with Crippen LogP contribution in [-0.2, 0) is 52.1 Å². The average Bonchev–Trinajstić information content (AvgIpc) is 2.95. The first-order valence-electron chi connectivity index (χ1n) is 15.2. The van der Waals surface area contributed by atoms with Crippen molar-refractivity contribution in [3.63, 3.8) is 0 Å². The van der Waals surface area contributed by atoms with Gasteiger partial charge in [0.05, 0.1) is 11.4 Å². The predicted molar refractivity (Wildman–Crippen MR) is 175 cm³/mol. The van der Waals surface area contributed by atoms with Gasteiger partial charge in [0, 0.05) is 35.5 Å². The molecular formula is C36H46CoN2O6. The fraction of sp³-hybridized carbons (Fsp3) is 0.389. The summed E-state index contributed by atoms with van der Waals surface area (Å²) in [5.74, 6) is -1.53. The van der Waals surface area contributed by atoms with Crippen molar-refractivity contribution >= 4 is 35.7 Å². The molecular weight excluding hydrogens is 615 g/mol. The topological polar surface area (TPSA) is 145 Å². The molecule has 0 bridgehead atoms. The Morgan fingerprint density at radius 3 is 1.29 bits per heavy atom. The minimum absolute atomic E-state index is 0. The van der Waals surface area contributed by atoms with Crippen LogP contribution in [0.25, 0.3) is 0 Å². The van der Waals surface area contributed by atoms with Crippen molar-refractivity contribution in [2.75, 3.05) is 0 Å². The van der Waals surface area contributed by atoms with Gasteiger partial charge in [0.25, 0.3) is 0 Å².